The van der Waals surface area contributed by atoms with E-state index in [1.54, 1.807) is 0 Å². The van der Waals surface area contributed by atoms with Crippen LogP contribution in [0.1, 0.15) is 6.92 Å². The fraction of sp³-hybridized carbons (Fsp3) is 0.125. The van der Waals surface area contributed by atoms with Crippen LogP contribution in [0.15, 0.2) is 29.2 Å². The average Bonchev–Trinajstić information content (AvgIpc) is 2.13. The number of hydrogen-bond acceptors (Lipinski definition) is 7. The molecule has 0 atom stereocenters. The van der Waals surface area contributed by atoms with Crippen molar-refractivity contribution >= 4 is 32.0 Å². The summed E-state index contributed by atoms with van der Waals surface area (Å²) >= 11 is 0. The van der Waals surface area contributed by atoms with Gasteiger partial charge in [-0.1, -0.05) is 0 Å². The molecule has 4 N–H and O–H groups in total. The molecule has 0 aliphatic heterocycles. The maximum Gasteiger partial charge on any atom is 1.00 e. The number of nitrogens with one attached hydrogen (secondary N) is 1. The molecular formula is C8H11N2NaO7S2. The largest absolute Gasteiger partial charge is 1.00 e. The minimum absolute atomic E-state index is 0. The summed E-state index contributed by atoms with van der Waals surface area (Å²) in [6, 6.07) is 5.57. The summed E-state index contributed by atoms with van der Waals surface area (Å²) in [5.41, 5.74) is 5.85. The van der Waals surface area contributed by atoms with Crippen LogP contribution in [0.4, 0.5) is 5.69 Å². The monoisotopic (exact) mass is 334 g/mol. The van der Waals surface area contributed by atoms with Crippen LogP contribution in [0.25, 0.3) is 0 Å². The minimum Gasteiger partial charge on any atom is -0.726 e. The van der Waals surface area contributed by atoms with E-state index in [2.05, 4.69) is 0 Å². The van der Waals surface area contributed by atoms with Crippen molar-refractivity contribution < 1.29 is 60.3 Å². The number of amides is 1. The molecule has 9 nitrogen and oxygen atoms in total. The maximum atomic E-state index is 11.4. The van der Waals surface area contributed by atoms with E-state index in [9.17, 15) is 13.2 Å². The smallest absolute Gasteiger partial charge is 0.726 e. The molecule has 1 aromatic rings. The molecule has 0 bridgehead atoms. The van der Waals surface area contributed by atoms with Gasteiger partial charge < -0.3 is 10.3 Å². The first-order valence-corrected chi connectivity index (χ1v) is 7.34. The molecule has 0 unspecified atom stereocenters. The molecule has 0 aliphatic rings. The normalized spacial score (nSPS) is 10.6. The first-order valence-electron chi connectivity index (χ1n) is 4.49. The van der Waals surface area contributed by atoms with Gasteiger partial charge in [0.2, 0.25) is 16.3 Å². The van der Waals surface area contributed by atoms with Crippen LogP contribution in [0.2, 0.25) is 0 Å². The van der Waals surface area contributed by atoms with E-state index in [1.807, 2.05) is 4.72 Å². The van der Waals surface area contributed by atoms with Crippen LogP contribution >= 0.6 is 0 Å². The third-order valence-corrected chi connectivity index (χ3v) is 2.92. The van der Waals surface area contributed by atoms with Crippen LogP contribution in [0.3, 0.4) is 0 Å². The zero-order valence-electron chi connectivity index (χ0n) is 10.6. The molecule has 0 radical (unpaired) electrons. The second-order valence-electron chi connectivity index (χ2n) is 3.16. The second-order valence-corrected chi connectivity index (χ2v) is 5.70. The topological polar surface area (TPSA) is 167 Å². The maximum absolute atomic E-state index is 11.4. The van der Waals surface area contributed by atoms with Gasteiger partial charge >= 0.3 is 29.6 Å². The molecule has 0 aromatic heterocycles. The van der Waals surface area contributed by atoms with Gasteiger partial charge in [-0.3, -0.25) is 9.35 Å². The fourth-order valence-electron chi connectivity index (χ4n) is 0.895. The number of rotatable bonds is 2. The molecule has 108 valence electrons. The molecule has 1 amide bonds. The van der Waals surface area contributed by atoms with Crippen molar-refractivity contribution in [2.75, 3.05) is 5.73 Å². The van der Waals surface area contributed by atoms with Crippen LogP contribution in [-0.2, 0) is 25.2 Å². The number of sulfonamides is 1. The van der Waals surface area contributed by atoms with E-state index in [0.717, 1.165) is 6.92 Å². The molecule has 20 heavy (non-hydrogen) atoms. The van der Waals surface area contributed by atoms with E-state index >= 15 is 0 Å². The molecule has 1 aromatic carbocycles. The zero-order chi connectivity index (χ0) is 15.3. The Morgan fingerprint density at radius 2 is 1.55 bits per heavy atom. The van der Waals surface area contributed by atoms with Gasteiger partial charge in [0.25, 0.3) is 10.0 Å². The van der Waals surface area contributed by atoms with E-state index in [-0.39, 0.29) is 34.5 Å². The van der Waals surface area contributed by atoms with Gasteiger partial charge in [-0.25, -0.2) is 21.6 Å². The SMILES string of the molecule is CC(=O)NS(=O)(=O)c1ccc(N)cc1.O=S(=O)([O-])O.[Na+]. The van der Waals surface area contributed by atoms with Gasteiger partial charge in [0.05, 0.1) is 4.90 Å². The van der Waals surface area contributed by atoms with Crippen molar-refractivity contribution in [1.29, 1.82) is 0 Å². The summed E-state index contributed by atoms with van der Waals surface area (Å²) in [4.78, 5) is 10.6. The minimum atomic E-state index is -4.92. The predicted octanol–water partition coefficient (Wildman–Crippen LogP) is -3.90. The van der Waals surface area contributed by atoms with Crippen molar-refractivity contribution in [1.82, 2.24) is 4.72 Å². The summed E-state index contributed by atoms with van der Waals surface area (Å²) < 4.78 is 57.4. The van der Waals surface area contributed by atoms with Crippen molar-refractivity contribution in [3.8, 4) is 0 Å². The number of carbonyl (C=O) groups is 1. The number of benzene rings is 1. The van der Waals surface area contributed by atoms with E-state index in [0.29, 0.717) is 5.69 Å². The summed E-state index contributed by atoms with van der Waals surface area (Å²) in [5.74, 6) is -0.623. The average molecular weight is 334 g/mol. The summed E-state index contributed by atoms with van der Waals surface area (Å²) in [5, 5.41) is 0. The molecule has 0 saturated heterocycles. The van der Waals surface area contributed by atoms with Crippen LogP contribution in [0, 0.1) is 0 Å². The van der Waals surface area contributed by atoms with E-state index < -0.39 is 26.3 Å². The number of hydrogen-bond donors (Lipinski definition) is 3. The summed E-state index contributed by atoms with van der Waals surface area (Å²) in [6.45, 7) is 1.13. The molecule has 0 saturated carbocycles. The molecule has 1 rings (SSSR count). The van der Waals surface area contributed by atoms with E-state index in [1.165, 1.54) is 24.3 Å². The Morgan fingerprint density at radius 3 is 1.85 bits per heavy atom. The van der Waals surface area contributed by atoms with Crippen LogP contribution < -0.4 is 40.0 Å². The standard InChI is InChI=1S/C8H10N2O3S.Na.H2O4S/c1-6(11)10-14(12,13)8-4-2-7(9)3-5-8;;1-5(2,3)4/h2-5H,9H2,1H3,(H,10,11);;(H2,1,2,3,4)/q;+1;/p-1. The van der Waals surface area contributed by atoms with Crippen molar-refractivity contribution in [2.45, 2.75) is 11.8 Å². The molecule has 0 aliphatic carbocycles. The Morgan fingerprint density at radius 1 is 1.20 bits per heavy atom. The Hall–Kier alpha value is -0.690. The number of nitrogen functional groups attached to an aromatic ring is 1. The van der Waals surface area contributed by atoms with Gasteiger partial charge in [-0.2, -0.15) is 0 Å². The third kappa shape index (κ3) is 11.2. The second kappa shape index (κ2) is 8.56. The van der Waals surface area contributed by atoms with Crippen molar-refractivity contribution in [3.05, 3.63) is 24.3 Å². The van der Waals surface area contributed by atoms with Gasteiger partial charge in [0.1, 0.15) is 0 Å². The summed E-state index contributed by atoms with van der Waals surface area (Å²) in [6.07, 6.45) is 0. The zero-order valence-corrected chi connectivity index (χ0v) is 14.2. The molecular weight excluding hydrogens is 323 g/mol. The Balaban J connectivity index is 0. The molecule has 0 spiro atoms. The molecule has 0 fully saturated rings. The fourth-order valence-corrected chi connectivity index (χ4v) is 1.89. The van der Waals surface area contributed by atoms with Gasteiger partial charge in [-0.15, -0.1) is 0 Å². The van der Waals surface area contributed by atoms with Crippen LogP contribution in [-0.4, -0.2) is 31.8 Å². The van der Waals surface area contributed by atoms with Crippen LogP contribution in [0.5, 0.6) is 0 Å². The predicted molar refractivity (Wildman–Crippen MR) is 64.2 cm³/mol. The Kier molecular flexibility index (Phi) is 9.25. The third-order valence-electron chi connectivity index (χ3n) is 1.47. The molecule has 0 heterocycles. The first-order chi connectivity index (χ1) is 8.42. The molecule has 12 heteroatoms. The Bertz CT molecular complexity index is 632. The number of nitrogens with two attached hydrogens (primary N) is 1. The Labute approximate surface area is 138 Å². The van der Waals surface area contributed by atoms with E-state index in [4.69, 9.17) is 23.3 Å². The number of carbonyl (C=O) groups excluding carboxylic acids is 1. The first kappa shape index (κ1) is 21.6. The van der Waals surface area contributed by atoms with Gasteiger partial charge in [-0.05, 0) is 24.3 Å². The van der Waals surface area contributed by atoms with Gasteiger partial charge in [0, 0.05) is 12.6 Å². The quantitative estimate of drug-likeness (QED) is 0.213. The summed E-state index contributed by atoms with van der Waals surface area (Å²) in [7, 11) is -8.65. The number of anilines is 1. The van der Waals surface area contributed by atoms with Crippen molar-refractivity contribution in [2.24, 2.45) is 0 Å². The van der Waals surface area contributed by atoms with Gasteiger partial charge in [0.15, 0.2) is 0 Å². The van der Waals surface area contributed by atoms with Crippen molar-refractivity contribution in [3.63, 3.8) is 0 Å².